The van der Waals surface area contributed by atoms with E-state index in [0.717, 1.165) is 10.8 Å². The smallest absolute Gasteiger partial charge is 0.251 e. The summed E-state index contributed by atoms with van der Waals surface area (Å²) in [5.41, 5.74) is 0.579. The van der Waals surface area contributed by atoms with Gasteiger partial charge in [-0.2, -0.15) is 0 Å². The molecular weight excluding hydrogens is 280 g/mol. The van der Waals surface area contributed by atoms with Crippen molar-refractivity contribution in [2.45, 2.75) is 6.42 Å². The highest BCUT2D eigenvalue weighted by Crippen LogP contribution is 2.15. The number of aliphatic hydroxyl groups is 1. The van der Waals surface area contributed by atoms with Crippen LogP contribution in [0.4, 0.5) is 0 Å². The molecule has 116 valence electrons. The number of nitrogens with one attached hydrogen (secondary N) is 1. The second-order valence-electron chi connectivity index (χ2n) is 5.11. The molecule has 2 aromatic rings. The molecule has 0 aliphatic rings. The summed E-state index contributed by atoms with van der Waals surface area (Å²) < 4.78 is 0. The Bertz CT molecular complexity index is 670. The highest BCUT2D eigenvalue weighted by atomic mass is 16.3. The van der Waals surface area contributed by atoms with Crippen LogP contribution in [0, 0.1) is 0 Å². The molecule has 0 bridgehead atoms. The molecule has 5 nitrogen and oxygen atoms in total. The van der Waals surface area contributed by atoms with E-state index in [1.54, 1.807) is 13.1 Å². The minimum Gasteiger partial charge on any atom is -0.395 e. The van der Waals surface area contributed by atoms with Crippen LogP contribution in [-0.2, 0) is 4.79 Å². The lowest BCUT2D eigenvalue weighted by molar-refractivity contribution is -0.130. The quantitative estimate of drug-likeness (QED) is 0.847. The maximum absolute atomic E-state index is 12.1. The van der Waals surface area contributed by atoms with Gasteiger partial charge in [0.1, 0.15) is 0 Å². The van der Waals surface area contributed by atoms with E-state index in [1.165, 1.54) is 4.90 Å². The minimum atomic E-state index is -0.191. The van der Waals surface area contributed by atoms with Gasteiger partial charge < -0.3 is 15.3 Å². The van der Waals surface area contributed by atoms with Crippen molar-refractivity contribution < 1.29 is 14.7 Å². The molecule has 0 saturated carbocycles. The van der Waals surface area contributed by atoms with E-state index < -0.39 is 0 Å². The van der Waals surface area contributed by atoms with Gasteiger partial charge in [-0.3, -0.25) is 9.59 Å². The van der Waals surface area contributed by atoms with E-state index >= 15 is 0 Å². The largest absolute Gasteiger partial charge is 0.395 e. The first-order valence-corrected chi connectivity index (χ1v) is 7.23. The summed E-state index contributed by atoms with van der Waals surface area (Å²) in [4.78, 5) is 25.2. The topological polar surface area (TPSA) is 69.6 Å². The Morgan fingerprint density at radius 3 is 2.59 bits per heavy atom. The highest BCUT2D eigenvalue weighted by molar-refractivity contribution is 5.98. The lowest BCUT2D eigenvalue weighted by atomic mass is 10.1. The first-order valence-electron chi connectivity index (χ1n) is 7.23. The van der Waals surface area contributed by atoms with E-state index in [9.17, 15) is 9.59 Å². The summed E-state index contributed by atoms with van der Waals surface area (Å²) in [6, 6.07) is 13.4. The molecule has 0 fully saturated rings. The Morgan fingerprint density at radius 2 is 1.86 bits per heavy atom. The molecule has 0 radical (unpaired) electrons. The fraction of sp³-hybridized carbons (Fsp3) is 0.294. The summed E-state index contributed by atoms with van der Waals surface area (Å²) in [6.45, 7) is 0.517. The van der Waals surface area contributed by atoms with Gasteiger partial charge in [-0.1, -0.05) is 30.3 Å². The zero-order chi connectivity index (χ0) is 15.9. The second-order valence-corrected chi connectivity index (χ2v) is 5.11. The first-order chi connectivity index (χ1) is 10.6. The van der Waals surface area contributed by atoms with Gasteiger partial charge in [0.15, 0.2) is 0 Å². The van der Waals surface area contributed by atoms with Crippen molar-refractivity contribution in [1.82, 2.24) is 10.2 Å². The number of hydrogen-bond acceptors (Lipinski definition) is 3. The van der Waals surface area contributed by atoms with Crippen molar-refractivity contribution in [2.75, 3.05) is 26.7 Å². The van der Waals surface area contributed by atoms with Gasteiger partial charge >= 0.3 is 0 Å². The number of carbonyl (C=O) groups excluding carboxylic acids is 2. The normalized spacial score (nSPS) is 10.5. The Morgan fingerprint density at radius 1 is 1.14 bits per heavy atom. The van der Waals surface area contributed by atoms with Crippen LogP contribution >= 0.6 is 0 Å². The number of amides is 2. The summed E-state index contributed by atoms with van der Waals surface area (Å²) in [5.74, 6) is -0.295. The molecule has 2 amide bonds. The SMILES string of the molecule is CN(CCO)C(=O)CCNC(=O)c1ccc2ccccc2c1. The van der Waals surface area contributed by atoms with E-state index in [2.05, 4.69) is 5.32 Å². The summed E-state index contributed by atoms with van der Waals surface area (Å²) in [6.07, 6.45) is 0.218. The molecule has 0 saturated heterocycles. The number of rotatable bonds is 6. The molecule has 0 aliphatic carbocycles. The van der Waals surface area contributed by atoms with Gasteiger partial charge in [0, 0.05) is 32.1 Å². The number of aliphatic hydroxyl groups excluding tert-OH is 1. The number of hydrogen-bond donors (Lipinski definition) is 2. The molecule has 0 atom stereocenters. The zero-order valence-electron chi connectivity index (χ0n) is 12.6. The average molecular weight is 300 g/mol. The number of nitrogens with zero attached hydrogens (tertiary/aromatic N) is 1. The Kier molecular flexibility index (Phi) is 5.49. The first kappa shape index (κ1) is 16.0. The monoisotopic (exact) mass is 300 g/mol. The number of carbonyl (C=O) groups is 2. The predicted octanol–water partition coefficient (Wildman–Crippen LogP) is 1.41. The summed E-state index contributed by atoms with van der Waals surface area (Å²) in [7, 11) is 1.63. The van der Waals surface area contributed by atoms with Gasteiger partial charge in [0.25, 0.3) is 5.91 Å². The van der Waals surface area contributed by atoms with Crippen molar-refractivity contribution in [3.8, 4) is 0 Å². The average Bonchev–Trinajstić information content (AvgIpc) is 2.54. The molecule has 22 heavy (non-hydrogen) atoms. The van der Waals surface area contributed by atoms with Crippen molar-refractivity contribution in [3.63, 3.8) is 0 Å². The van der Waals surface area contributed by atoms with Gasteiger partial charge in [0.2, 0.25) is 5.91 Å². The van der Waals surface area contributed by atoms with Crippen LogP contribution in [0.3, 0.4) is 0 Å². The number of benzene rings is 2. The molecule has 2 aromatic carbocycles. The lowest BCUT2D eigenvalue weighted by Gasteiger charge is -2.15. The van der Waals surface area contributed by atoms with Crippen molar-refractivity contribution >= 4 is 22.6 Å². The molecule has 0 spiro atoms. The maximum atomic E-state index is 12.1. The van der Waals surface area contributed by atoms with E-state index in [0.29, 0.717) is 12.1 Å². The summed E-state index contributed by atoms with van der Waals surface area (Å²) in [5, 5.41) is 13.6. The fourth-order valence-corrected chi connectivity index (χ4v) is 2.18. The lowest BCUT2D eigenvalue weighted by Crippen LogP contribution is -2.33. The van der Waals surface area contributed by atoms with Gasteiger partial charge in [-0.15, -0.1) is 0 Å². The summed E-state index contributed by atoms with van der Waals surface area (Å²) >= 11 is 0. The minimum absolute atomic E-state index is 0.0638. The second kappa shape index (κ2) is 7.56. The van der Waals surface area contributed by atoms with Gasteiger partial charge in [0.05, 0.1) is 6.61 Å². The Balaban J connectivity index is 1.90. The molecule has 0 heterocycles. The van der Waals surface area contributed by atoms with Crippen LogP contribution in [0.5, 0.6) is 0 Å². The Hall–Kier alpha value is -2.40. The van der Waals surface area contributed by atoms with Crippen LogP contribution < -0.4 is 5.32 Å². The van der Waals surface area contributed by atoms with Crippen molar-refractivity contribution in [2.24, 2.45) is 0 Å². The van der Waals surface area contributed by atoms with Gasteiger partial charge in [-0.25, -0.2) is 0 Å². The van der Waals surface area contributed by atoms with Crippen LogP contribution in [-0.4, -0.2) is 48.6 Å². The third-order valence-corrected chi connectivity index (χ3v) is 3.50. The van der Waals surface area contributed by atoms with Crippen LogP contribution in [0.15, 0.2) is 42.5 Å². The van der Waals surface area contributed by atoms with E-state index in [-0.39, 0.29) is 31.4 Å². The zero-order valence-corrected chi connectivity index (χ0v) is 12.6. The molecule has 2 rings (SSSR count). The van der Waals surface area contributed by atoms with E-state index in [4.69, 9.17) is 5.11 Å². The number of fused-ring (bicyclic) bond motifs is 1. The van der Waals surface area contributed by atoms with Crippen LogP contribution in [0.2, 0.25) is 0 Å². The third-order valence-electron chi connectivity index (χ3n) is 3.50. The highest BCUT2D eigenvalue weighted by Gasteiger charge is 2.10. The molecular formula is C17H20N2O3. The maximum Gasteiger partial charge on any atom is 0.251 e. The van der Waals surface area contributed by atoms with Crippen molar-refractivity contribution in [1.29, 1.82) is 0 Å². The molecule has 0 aliphatic heterocycles. The van der Waals surface area contributed by atoms with Crippen LogP contribution in [0.25, 0.3) is 10.8 Å². The Labute approximate surface area is 129 Å². The third kappa shape index (κ3) is 4.05. The van der Waals surface area contributed by atoms with Gasteiger partial charge in [-0.05, 0) is 22.9 Å². The molecule has 5 heteroatoms. The molecule has 2 N–H and O–H groups in total. The predicted molar refractivity (Wildman–Crippen MR) is 85.6 cm³/mol. The van der Waals surface area contributed by atoms with Crippen LogP contribution in [0.1, 0.15) is 16.8 Å². The van der Waals surface area contributed by atoms with Crippen molar-refractivity contribution in [3.05, 3.63) is 48.0 Å². The standard InChI is InChI=1S/C17H20N2O3/c1-19(10-11-20)16(21)8-9-18-17(22)15-7-6-13-4-2-3-5-14(13)12-15/h2-7,12,20H,8-11H2,1H3,(H,18,22). The van der Waals surface area contributed by atoms with E-state index in [1.807, 2.05) is 36.4 Å². The fourth-order valence-electron chi connectivity index (χ4n) is 2.18. The molecule has 0 aromatic heterocycles. The molecule has 0 unspecified atom stereocenters. The number of likely N-dealkylation sites (N-methyl/N-ethyl adjacent to an activating group) is 1.